The van der Waals surface area contributed by atoms with E-state index in [-0.39, 0.29) is 22.7 Å². The fourth-order valence-electron chi connectivity index (χ4n) is 4.05. The molecule has 0 aromatic heterocycles. The molecule has 0 unspecified atom stereocenters. The minimum atomic E-state index is -3.62. The summed E-state index contributed by atoms with van der Waals surface area (Å²) in [5.74, 6) is -0.842. The molecule has 2 heterocycles. The van der Waals surface area contributed by atoms with Gasteiger partial charge in [-0.25, -0.2) is 8.42 Å². The van der Waals surface area contributed by atoms with Crippen molar-refractivity contribution in [2.24, 2.45) is 5.92 Å². The molecule has 1 amide bonds. The zero-order chi connectivity index (χ0) is 21.0. The molecule has 0 bridgehead atoms. The Kier molecular flexibility index (Phi) is 6.95. The maximum atomic E-state index is 13.1. The van der Waals surface area contributed by atoms with Crippen molar-refractivity contribution >= 4 is 21.9 Å². The van der Waals surface area contributed by atoms with Gasteiger partial charge in [0.1, 0.15) is 0 Å². The number of benzene rings is 1. The Balaban J connectivity index is 1.81. The number of piperidine rings is 2. The first-order valence-corrected chi connectivity index (χ1v) is 11.8. The van der Waals surface area contributed by atoms with Crippen molar-refractivity contribution in [2.75, 3.05) is 32.8 Å². The maximum absolute atomic E-state index is 13.1. The molecule has 2 aliphatic heterocycles. The monoisotopic (exact) mass is 422 g/mol. The summed E-state index contributed by atoms with van der Waals surface area (Å²) >= 11 is 0. The van der Waals surface area contributed by atoms with Gasteiger partial charge in [0, 0.05) is 31.7 Å². The molecule has 1 atom stereocenters. The third-order valence-electron chi connectivity index (χ3n) is 5.70. The number of aryl methyl sites for hydroxylation is 1. The van der Waals surface area contributed by atoms with E-state index in [0.717, 1.165) is 25.7 Å². The van der Waals surface area contributed by atoms with Crippen molar-refractivity contribution in [3.05, 3.63) is 29.3 Å². The molecule has 1 aromatic rings. The number of hydrogen-bond donors (Lipinski definition) is 0. The summed E-state index contributed by atoms with van der Waals surface area (Å²) in [4.78, 5) is 27.0. The van der Waals surface area contributed by atoms with Gasteiger partial charge in [-0.1, -0.05) is 12.5 Å². The van der Waals surface area contributed by atoms with Crippen molar-refractivity contribution in [2.45, 2.75) is 50.8 Å². The number of carbonyl (C=O) groups excluding carboxylic acids is 2. The van der Waals surface area contributed by atoms with Gasteiger partial charge in [-0.3, -0.25) is 9.59 Å². The smallest absolute Gasteiger partial charge is 0.310 e. The number of hydrogen-bond acceptors (Lipinski definition) is 5. The van der Waals surface area contributed by atoms with Gasteiger partial charge in [0.05, 0.1) is 17.4 Å². The molecule has 0 aliphatic carbocycles. The SMILES string of the molecule is CCOC(=O)[C@@H]1CCCN(C(=O)c2ccc(C)c(S(=O)(=O)N3CCCCC3)c2)C1. The Labute approximate surface area is 173 Å². The third kappa shape index (κ3) is 4.80. The Morgan fingerprint density at radius 2 is 1.83 bits per heavy atom. The highest BCUT2D eigenvalue weighted by Crippen LogP contribution is 2.26. The van der Waals surface area contributed by atoms with Gasteiger partial charge >= 0.3 is 5.97 Å². The van der Waals surface area contributed by atoms with Gasteiger partial charge in [-0.15, -0.1) is 0 Å². The van der Waals surface area contributed by atoms with E-state index >= 15 is 0 Å². The number of likely N-dealkylation sites (tertiary alicyclic amines) is 1. The van der Waals surface area contributed by atoms with E-state index in [0.29, 0.717) is 50.3 Å². The standard InChI is InChI=1S/C21H30N2O5S/c1-3-28-21(25)18-8-7-11-22(15-18)20(24)17-10-9-16(2)19(14-17)29(26,27)23-12-5-4-6-13-23/h9-10,14,18H,3-8,11-13,15H2,1-2H3/t18-/m1/s1. The number of esters is 1. The molecule has 29 heavy (non-hydrogen) atoms. The van der Waals surface area contributed by atoms with E-state index in [1.807, 2.05) is 0 Å². The van der Waals surface area contributed by atoms with Crippen LogP contribution in [0.2, 0.25) is 0 Å². The zero-order valence-corrected chi connectivity index (χ0v) is 18.0. The molecule has 160 valence electrons. The first kappa shape index (κ1) is 21.8. The number of amides is 1. The fourth-order valence-corrected chi connectivity index (χ4v) is 5.82. The van der Waals surface area contributed by atoms with Crippen LogP contribution in [-0.4, -0.2) is 62.3 Å². The number of rotatable bonds is 5. The Hall–Kier alpha value is -1.93. The first-order chi connectivity index (χ1) is 13.8. The largest absolute Gasteiger partial charge is 0.466 e. The summed E-state index contributed by atoms with van der Waals surface area (Å²) in [7, 11) is -3.62. The van der Waals surface area contributed by atoms with Gasteiger partial charge in [0.25, 0.3) is 5.91 Å². The lowest BCUT2D eigenvalue weighted by molar-refractivity contribution is -0.149. The fraction of sp³-hybridized carbons (Fsp3) is 0.619. The van der Waals surface area contributed by atoms with E-state index in [2.05, 4.69) is 0 Å². The van der Waals surface area contributed by atoms with Crippen molar-refractivity contribution in [1.82, 2.24) is 9.21 Å². The van der Waals surface area contributed by atoms with Crippen LogP contribution < -0.4 is 0 Å². The lowest BCUT2D eigenvalue weighted by Gasteiger charge is -2.32. The van der Waals surface area contributed by atoms with Crippen LogP contribution >= 0.6 is 0 Å². The quantitative estimate of drug-likeness (QED) is 0.681. The minimum absolute atomic E-state index is 0.198. The normalized spacial score (nSPS) is 21.0. The molecule has 0 radical (unpaired) electrons. The Bertz CT molecular complexity index is 862. The van der Waals surface area contributed by atoms with Crippen molar-refractivity contribution < 1.29 is 22.7 Å². The second-order valence-electron chi connectivity index (χ2n) is 7.79. The van der Waals surface area contributed by atoms with E-state index in [4.69, 9.17) is 4.74 Å². The average Bonchev–Trinajstić information content (AvgIpc) is 2.74. The maximum Gasteiger partial charge on any atom is 0.310 e. The predicted octanol–water partition coefficient (Wildman–Crippen LogP) is 2.58. The molecule has 3 rings (SSSR count). The van der Waals surface area contributed by atoms with Crippen LogP contribution in [0.15, 0.2) is 23.1 Å². The molecule has 7 nitrogen and oxygen atoms in total. The Morgan fingerprint density at radius 3 is 2.52 bits per heavy atom. The average molecular weight is 423 g/mol. The second kappa shape index (κ2) is 9.26. The predicted molar refractivity (Wildman–Crippen MR) is 109 cm³/mol. The Morgan fingerprint density at radius 1 is 1.10 bits per heavy atom. The van der Waals surface area contributed by atoms with Crippen LogP contribution in [-0.2, 0) is 19.6 Å². The van der Waals surface area contributed by atoms with Crippen molar-refractivity contribution in [3.8, 4) is 0 Å². The van der Waals surface area contributed by atoms with Gasteiger partial charge in [0.15, 0.2) is 0 Å². The molecule has 1 aromatic carbocycles. The summed E-state index contributed by atoms with van der Waals surface area (Å²) in [6, 6.07) is 4.85. The van der Waals surface area contributed by atoms with E-state index < -0.39 is 10.0 Å². The van der Waals surface area contributed by atoms with E-state index in [1.165, 1.54) is 10.4 Å². The summed E-state index contributed by atoms with van der Waals surface area (Å²) in [5, 5.41) is 0. The summed E-state index contributed by atoms with van der Waals surface area (Å²) in [6.07, 6.45) is 4.19. The molecule has 0 saturated carbocycles. The molecule has 8 heteroatoms. The van der Waals surface area contributed by atoms with Crippen LogP contribution in [0.3, 0.4) is 0 Å². The van der Waals surface area contributed by atoms with Crippen LogP contribution in [0.4, 0.5) is 0 Å². The lowest BCUT2D eigenvalue weighted by atomic mass is 9.97. The van der Waals surface area contributed by atoms with E-state index in [9.17, 15) is 18.0 Å². The van der Waals surface area contributed by atoms with Crippen molar-refractivity contribution in [1.29, 1.82) is 0 Å². The van der Waals surface area contributed by atoms with Gasteiger partial charge in [-0.05, 0) is 57.2 Å². The number of ether oxygens (including phenoxy) is 1. The molecule has 2 saturated heterocycles. The minimum Gasteiger partial charge on any atom is -0.466 e. The first-order valence-electron chi connectivity index (χ1n) is 10.4. The molecule has 0 spiro atoms. The topological polar surface area (TPSA) is 84.0 Å². The van der Waals surface area contributed by atoms with Gasteiger partial charge in [0.2, 0.25) is 10.0 Å². The molecule has 0 N–H and O–H groups in total. The highest BCUT2D eigenvalue weighted by Gasteiger charge is 2.32. The van der Waals surface area contributed by atoms with Crippen LogP contribution in [0, 0.1) is 12.8 Å². The zero-order valence-electron chi connectivity index (χ0n) is 17.2. The summed E-state index contributed by atoms with van der Waals surface area (Å²) in [6.45, 7) is 5.74. The highest BCUT2D eigenvalue weighted by molar-refractivity contribution is 7.89. The molecule has 2 aliphatic rings. The van der Waals surface area contributed by atoms with Gasteiger partial charge < -0.3 is 9.64 Å². The summed E-state index contributed by atoms with van der Waals surface area (Å²) in [5.41, 5.74) is 0.978. The van der Waals surface area contributed by atoms with Crippen molar-refractivity contribution in [3.63, 3.8) is 0 Å². The molecular weight excluding hydrogens is 392 g/mol. The van der Waals surface area contributed by atoms with Crippen LogP contribution in [0.5, 0.6) is 0 Å². The molecule has 2 fully saturated rings. The number of carbonyl (C=O) groups is 2. The van der Waals surface area contributed by atoms with Crippen LogP contribution in [0.1, 0.15) is 54.9 Å². The molecular formula is C21H30N2O5S. The van der Waals surface area contributed by atoms with Gasteiger partial charge in [-0.2, -0.15) is 4.31 Å². The number of sulfonamides is 1. The highest BCUT2D eigenvalue weighted by atomic mass is 32.2. The number of nitrogens with zero attached hydrogens (tertiary/aromatic N) is 2. The lowest BCUT2D eigenvalue weighted by Crippen LogP contribution is -2.43. The van der Waals surface area contributed by atoms with Crippen LogP contribution in [0.25, 0.3) is 0 Å². The third-order valence-corrected chi connectivity index (χ3v) is 7.74. The summed E-state index contributed by atoms with van der Waals surface area (Å²) < 4.78 is 32.8. The second-order valence-corrected chi connectivity index (χ2v) is 9.69. The van der Waals surface area contributed by atoms with E-state index in [1.54, 1.807) is 30.9 Å².